The van der Waals surface area contributed by atoms with Crippen molar-refractivity contribution < 1.29 is 19.1 Å². The molecule has 10 nitrogen and oxygen atoms in total. The van der Waals surface area contributed by atoms with Gasteiger partial charge in [-0.25, -0.2) is 9.59 Å². The van der Waals surface area contributed by atoms with Crippen LogP contribution in [0.25, 0.3) is 0 Å². The van der Waals surface area contributed by atoms with Gasteiger partial charge in [-0.05, 0) is 32.9 Å². The first-order valence-electron chi connectivity index (χ1n) is 10.6. The van der Waals surface area contributed by atoms with E-state index in [-0.39, 0.29) is 29.8 Å². The smallest absolute Gasteiger partial charge is 0.411 e. The lowest BCUT2D eigenvalue weighted by Crippen LogP contribution is -2.60. The zero-order valence-electron chi connectivity index (χ0n) is 20.0. The summed E-state index contributed by atoms with van der Waals surface area (Å²) in [6.45, 7) is 5.71. The molecule has 1 atom stereocenters. The Balaban J connectivity index is 1.91. The van der Waals surface area contributed by atoms with Crippen molar-refractivity contribution in [3.8, 4) is 0 Å². The molecule has 35 heavy (non-hydrogen) atoms. The number of carbonyl (C=O) groups excluding carboxylic acids is 2. The summed E-state index contributed by atoms with van der Waals surface area (Å²) in [5, 5.41) is 0.664. The Morgan fingerprint density at radius 1 is 1.23 bits per heavy atom. The maximum atomic E-state index is 13.2. The fourth-order valence-electron chi connectivity index (χ4n) is 3.48. The van der Waals surface area contributed by atoms with Crippen LogP contribution in [0.1, 0.15) is 20.8 Å². The molecule has 1 aliphatic heterocycles. The van der Waals surface area contributed by atoms with Crippen molar-refractivity contribution in [1.29, 1.82) is 0 Å². The molecule has 190 valence electrons. The predicted molar refractivity (Wildman–Crippen MR) is 135 cm³/mol. The van der Waals surface area contributed by atoms with Gasteiger partial charge in [0.2, 0.25) is 5.95 Å². The molecule has 1 saturated heterocycles. The van der Waals surface area contributed by atoms with E-state index in [1.807, 2.05) is 0 Å². The van der Waals surface area contributed by atoms with Crippen molar-refractivity contribution in [2.24, 2.45) is 7.05 Å². The van der Waals surface area contributed by atoms with Gasteiger partial charge in [0.05, 0.1) is 23.7 Å². The zero-order valence-corrected chi connectivity index (χ0v) is 22.3. The van der Waals surface area contributed by atoms with Crippen LogP contribution in [0.3, 0.4) is 0 Å². The van der Waals surface area contributed by atoms with Gasteiger partial charge >= 0.3 is 12.1 Å². The molecule has 0 aliphatic carbocycles. The number of halogens is 2. The molecule has 1 fully saturated rings. The first kappa shape index (κ1) is 27.0. The largest absolute Gasteiger partial charge is 0.467 e. The Morgan fingerprint density at radius 3 is 2.54 bits per heavy atom. The van der Waals surface area contributed by atoms with Crippen LogP contribution >= 0.6 is 35.0 Å². The highest BCUT2D eigenvalue weighted by Crippen LogP contribution is 2.37. The number of piperazine rings is 1. The van der Waals surface area contributed by atoms with Gasteiger partial charge in [0.1, 0.15) is 16.3 Å². The lowest BCUT2D eigenvalue weighted by Gasteiger charge is -2.40. The molecule has 0 radical (unpaired) electrons. The highest BCUT2D eigenvalue weighted by molar-refractivity contribution is 7.99. The molecule has 0 bridgehead atoms. The Morgan fingerprint density at radius 2 is 1.91 bits per heavy atom. The van der Waals surface area contributed by atoms with Gasteiger partial charge in [0, 0.05) is 25.0 Å². The Hall–Kier alpha value is -2.63. The van der Waals surface area contributed by atoms with E-state index in [0.717, 1.165) is 11.8 Å². The number of aromatic nitrogens is 2. The number of methoxy groups -OCH3 is 1. The summed E-state index contributed by atoms with van der Waals surface area (Å²) in [6, 6.07) is 4.13. The van der Waals surface area contributed by atoms with Crippen molar-refractivity contribution in [2.45, 2.75) is 42.2 Å². The van der Waals surface area contributed by atoms with Crippen LogP contribution in [-0.4, -0.2) is 64.9 Å². The van der Waals surface area contributed by atoms with E-state index in [2.05, 4.69) is 4.98 Å². The summed E-state index contributed by atoms with van der Waals surface area (Å²) in [5.74, 6) is -0.346. The average molecular weight is 544 g/mol. The molecular weight excluding hydrogens is 517 g/mol. The number of rotatable bonds is 4. The Labute approximate surface area is 217 Å². The number of hydrogen-bond acceptors (Lipinski definition) is 9. The summed E-state index contributed by atoms with van der Waals surface area (Å²) in [4.78, 5) is 46.6. The van der Waals surface area contributed by atoms with E-state index in [1.54, 1.807) is 50.9 Å². The van der Waals surface area contributed by atoms with Crippen molar-refractivity contribution in [3.63, 3.8) is 0 Å². The van der Waals surface area contributed by atoms with E-state index in [0.29, 0.717) is 21.5 Å². The number of benzene rings is 1. The Bertz CT molecular complexity index is 1200. The topological polar surface area (TPSA) is 120 Å². The molecule has 1 aromatic carbocycles. The van der Waals surface area contributed by atoms with Crippen molar-refractivity contribution in [2.75, 3.05) is 37.4 Å². The summed E-state index contributed by atoms with van der Waals surface area (Å²) in [5.41, 5.74) is 5.06. The molecule has 1 aliphatic rings. The van der Waals surface area contributed by atoms with Gasteiger partial charge < -0.3 is 20.1 Å². The lowest BCUT2D eigenvalue weighted by molar-refractivity contribution is -0.147. The molecule has 2 heterocycles. The van der Waals surface area contributed by atoms with Gasteiger partial charge in [0.25, 0.3) is 5.56 Å². The standard InChI is InChI=1S/C22H27Cl2N5O5S/c1-22(2,3)34-21(32)29-10-9-28(11-13(29)19(31)33-5)20-26-17(25)16(18(30)27(20)4)35-14-8-6-7-12(23)15(14)24/h6-8,13H,9-11,25H2,1-5H3/t13-/m0/s1. The second kappa shape index (κ2) is 10.5. The van der Waals surface area contributed by atoms with Crippen LogP contribution in [0, 0.1) is 0 Å². The molecule has 1 amide bonds. The third-order valence-electron chi connectivity index (χ3n) is 5.14. The molecule has 2 aromatic rings. The average Bonchev–Trinajstić information content (AvgIpc) is 2.79. The third kappa shape index (κ3) is 5.96. The second-order valence-corrected chi connectivity index (χ2v) is 10.6. The molecular formula is C22H27Cl2N5O5S. The van der Waals surface area contributed by atoms with E-state index < -0.39 is 29.3 Å². The van der Waals surface area contributed by atoms with Gasteiger partial charge in [-0.1, -0.05) is 41.0 Å². The number of nitrogen functional groups attached to an aromatic ring is 1. The molecule has 0 saturated carbocycles. The van der Waals surface area contributed by atoms with E-state index in [9.17, 15) is 14.4 Å². The minimum Gasteiger partial charge on any atom is -0.467 e. The van der Waals surface area contributed by atoms with E-state index in [1.165, 1.54) is 16.6 Å². The van der Waals surface area contributed by atoms with Crippen molar-refractivity contribution in [1.82, 2.24) is 14.5 Å². The second-order valence-electron chi connectivity index (χ2n) is 8.80. The van der Waals surface area contributed by atoms with Crippen LogP contribution in [0.5, 0.6) is 0 Å². The number of amides is 1. The molecule has 0 unspecified atom stereocenters. The highest BCUT2D eigenvalue weighted by Gasteiger charge is 2.39. The minimum atomic E-state index is -0.957. The van der Waals surface area contributed by atoms with Gasteiger partial charge in [-0.15, -0.1) is 0 Å². The lowest BCUT2D eigenvalue weighted by atomic mass is 10.1. The number of hydrogen-bond donors (Lipinski definition) is 1. The van der Waals surface area contributed by atoms with Crippen LogP contribution in [0.15, 0.2) is 32.8 Å². The van der Waals surface area contributed by atoms with E-state index >= 15 is 0 Å². The maximum absolute atomic E-state index is 13.2. The van der Waals surface area contributed by atoms with Crippen LogP contribution in [-0.2, 0) is 21.3 Å². The number of anilines is 2. The number of nitrogens with two attached hydrogens (primary N) is 1. The Kier molecular flexibility index (Phi) is 8.13. The van der Waals surface area contributed by atoms with Crippen molar-refractivity contribution >= 4 is 58.8 Å². The van der Waals surface area contributed by atoms with Gasteiger partial charge in [0.15, 0.2) is 6.04 Å². The summed E-state index contributed by atoms with van der Waals surface area (Å²) in [7, 11) is 2.80. The maximum Gasteiger partial charge on any atom is 0.411 e. The SMILES string of the molecule is COC(=O)[C@@H]1CN(c2nc(N)c(Sc3cccc(Cl)c3Cl)c(=O)n2C)CCN1C(=O)OC(C)(C)C. The van der Waals surface area contributed by atoms with Crippen LogP contribution in [0.2, 0.25) is 10.0 Å². The zero-order chi connectivity index (χ0) is 26.1. The van der Waals surface area contributed by atoms with E-state index in [4.69, 9.17) is 38.4 Å². The molecule has 13 heteroatoms. The monoisotopic (exact) mass is 543 g/mol. The van der Waals surface area contributed by atoms with Gasteiger partial charge in [-0.3, -0.25) is 14.3 Å². The van der Waals surface area contributed by atoms with Crippen molar-refractivity contribution in [3.05, 3.63) is 38.6 Å². The number of ether oxygens (including phenoxy) is 2. The summed E-state index contributed by atoms with van der Waals surface area (Å²) in [6.07, 6.45) is -0.626. The fourth-order valence-corrected chi connectivity index (χ4v) is 4.89. The quantitative estimate of drug-likeness (QED) is 0.578. The van der Waals surface area contributed by atoms with Crippen LogP contribution in [0.4, 0.5) is 16.6 Å². The molecule has 3 rings (SSSR count). The summed E-state index contributed by atoms with van der Waals surface area (Å²) < 4.78 is 11.7. The minimum absolute atomic E-state index is 0.00771. The normalized spacial score (nSPS) is 16.3. The first-order chi connectivity index (χ1) is 16.3. The van der Waals surface area contributed by atoms with Gasteiger partial charge in [-0.2, -0.15) is 4.98 Å². The highest BCUT2D eigenvalue weighted by atomic mass is 35.5. The third-order valence-corrected chi connectivity index (χ3v) is 7.22. The first-order valence-corrected chi connectivity index (χ1v) is 12.2. The fraction of sp³-hybridized carbons (Fsp3) is 0.455. The number of nitrogens with zero attached hydrogens (tertiary/aromatic N) is 4. The molecule has 0 spiro atoms. The van der Waals surface area contributed by atoms with Crippen LogP contribution < -0.4 is 16.2 Å². The number of carbonyl (C=O) groups is 2. The number of esters is 1. The molecule has 1 aromatic heterocycles. The predicted octanol–water partition coefficient (Wildman–Crippen LogP) is 3.42. The molecule has 2 N–H and O–H groups in total. The summed E-state index contributed by atoms with van der Waals surface area (Å²) >= 11 is 13.4.